The van der Waals surface area contributed by atoms with Crippen molar-refractivity contribution in [2.24, 2.45) is 0 Å². The topological polar surface area (TPSA) is 29.1 Å². The SMILES string of the molecule is C=C/C(Br)=C(Cl)\C=C(/C)C(=O)Nc1cccc(C(C)(C)C)c1. The second kappa shape index (κ2) is 7.80. The average Bonchev–Trinajstić information content (AvgIpc) is 2.45. The number of hydrogen-bond donors (Lipinski definition) is 1. The second-order valence-electron chi connectivity index (χ2n) is 6.01. The lowest BCUT2D eigenvalue weighted by Crippen LogP contribution is -2.15. The summed E-state index contributed by atoms with van der Waals surface area (Å²) in [4.78, 5) is 12.2. The molecule has 0 bridgehead atoms. The molecule has 0 saturated heterocycles. The van der Waals surface area contributed by atoms with Gasteiger partial charge in [0, 0.05) is 15.7 Å². The molecule has 1 N–H and O–H groups in total. The van der Waals surface area contributed by atoms with Gasteiger partial charge in [0.2, 0.25) is 0 Å². The zero-order valence-electron chi connectivity index (χ0n) is 13.3. The first-order valence-electron chi connectivity index (χ1n) is 6.93. The molecule has 22 heavy (non-hydrogen) atoms. The van der Waals surface area contributed by atoms with Gasteiger partial charge in [-0.3, -0.25) is 4.79 Å². The van der Waals surface area contributed by atoms with E-state index in [1.807, 2.05) is 18.2 Å². The highest BCUT2D eigenvalue weighted by atomic mass is 79.9. The van der Waals surface area contributed by atoms with Crippen LogP contribution in [0.1, 0.15) is 33.3 Å². The van der Waals surface area contributed by atoms with Crippen LogP contribution in [0.4, 0.5) is 5.69 Å². The lowest BCUT2D eigenvalue weighted by Gasteiger charge is -2.19. The molecule has 0 unspecified atom stereocenters. The highest BCUT2D eigenvalue weighted by Crippen LogP contribution is 2.25. The summed E-state index contributed by atoms with van der Waals surface area (Å²) in [7, 11) is 0. The largest absolute Gasteiger partial charge is 0.322 e. The van der Waals surface area contributed by atoms with E-state index < -0.39 is 0 Å². The van der Waals surface area contributed by atoms with Gasteiger partial charge in [-0.15, -0.1) is 0 Å². The molecule has 1 aromatic rings. The van der Waals surface area contributed by atoms with Crippen LogP contribution in [0.25, 0.3) is 0 Å². The first kappa shape index (κ1) is 18.7. The molecule has 1 rings (SSSR count). The third-order valence-electron chi connectivity index (χ3n) is 3.10. The zero-order valence-corrected chi connectivity index (χ0v) is 15.7. The number of benzene rings is 1. The molecule has 0 aliphatic heterocycles. The summed E-state index contributed by atoms with van der Waals surface area (Å²) in [6, 6.07) is 7.86. The number of nitrogens with one attached hydrogen (secondary N) is 1. The Hall–Kier alpha value is -1.32. The van der Waals surface area contributed by atoms with Gasteiger partial charge in [-0.25, -0.2) is 0 Å². The van der Waals surface area contributed by atoms with Crippen LogP contribution in [0.15, 0.2) is 58.1 Å². The molecule has 0 atom stereocenters. The number of halogens is 2. The summed E-state index contributed by atoms with van der Waals surface area (Å²) < 4.78 is 0.649. The maximum Gasteiger partial charge on any atom is 0.251 e. The molecule has 4 heteroatoms. The summed E-state index contributed by atoms with van der Waals surface area (Å²) in [5.74, 6) is -0.187. The molecule has 1 amide bonds. The van der Waals surface area contributed by atoms with Crippen LogP contribution in [0.3, 0.4) is 0 Å². The fraction of sp³-hybridized carbons (Fsp3) is 0.278. The summed E-state index contributed by atoms with van der Waals surface area (Å²) in [5.41, 5.74) is 2.49. The van der Waals surface area contributed by atoms with E-state index in [0.29, 0.717) is 15.1 Å². The van der Waals surface area contributed by atoms with E-state index in [1.165, 1.54) is 5.56 Å². The highest BCUT2D eigenvalue weighted by molar-refractivity contribution is 9.12. The molecule has 0 spiro atoms. The van der Waals surface area contributed by atoms with Crippen molar-refractivity contribution >= 4 is 39.1 Å². The Kier molecular flexibility index (Phi) is 6.64. The normalized spacial score (nSPS) is 13.5. The second-order valence-corrected chi connectivity index (χ2v) is 7.27. The van der Waals surface area contributed by atoms with Crippen LogP contribution in [0.2, 0.25) is 0 Å². The third-order valence-corrected chi connectivity index (χ3v) is 4.39. The monoisotopic (exact) mass is 381 g/mol. The van der Waals surface area contributed by atoms with Gasteiger partial charge >= 0.3 is 0 Å². The van der Waals surface area contributed by atoms with Crippen molar-refractivity contribution in [2.75, 3.05) is 5.32 Å². The molecule has 0 heterocycles. The van der Waals surface area contributed by atoms with Crippen molar-refractivity contribution in [1.82, 2.24) is 0 Å². The minimum Gasteiger partial charge on any atom is -0.322 e. The quantitative estimate of drug-likeness (QED) is 0.510. The smallest absolute Gasteiger partial charge is 0.251 e. The minimum absolute atomic E-state index is 0.0342. The van der Waals surface area contributed by atoms with E-state index in [1.54, 1.807) is 19.1 Å². The van der Waals surface area contributed by atoms with Gasteiger partial charge in [-0.05, 0) is 52.0 Å². The van der Waals surface area contributed by atoms with Gasteiger partial charge in [0.05, 0.1) is 5.03 Å². The highest BCUT2D eigenvalue weighted by Gasteiger charge is 2.14. The Bertz CT molecular complexity index is 639. The van der Waals surface area contributed by atoms with Crippen molar-refractivity contribution in [3.05, 3.63) is 63.6 Å². The van der Waals surface area contributed by atoms with Crippen molar-refractivity contribution in [3.63, 3.8) is 0 Å². The number of hydrogen-bond acceptors (Lipinski definition) is 1. The van der Waals surface area contributed by atoms with Gasteiger partial charge in [0.1, 0.15) is 0 Å². The predicted octanol–water partition coefficient (Wildman–Crippen LogP) is 5.90. The van der Waals surface area contributed by atoms with Gasteiger partial charge in [0.25, 0.3) is 5.91 Å². The Morgan fingerprint density at radius 1 is 1.36 bits per heavy atom. The van der Waals surface area contributed by atoms with Gasteiger partial charge in [-0.2, -0.15) is 0 Å². The van der Waals surface area contributed by atoms with E-state index >= 15 is 0 Å². The Morgan fingerprint density at radius 3 is 2.55 bits per heavy atom. The van der Waals surface area contributed by atoms with E-state index in [4.69, 9.17) is 11.6 Å². The van der Waals surface area contributed by atoms with Crippen LogP contribution >= 0.6 is 27.5 Å². The lowest BCUT2D eigenvalue weighted by atomic mass is 9.87. The maximum atomic E-state index is 12.2. The fourth-order valence-corrected chi connectivity index (χ4v) is 2.07. The molecule has 0 aromatic heterocycles. The third kappa shape index (κ3) is 5.47. The Balaban J connectivity index is 2.94. The standard InChI is InChI=1S/C18H21BrClNO/c1-6-15(19)16(20)10-12(2)17(22)21-14-9-7-8-13(11-14)18(3,4)5/h6-11H,1H2,2-5H3,(H,21,22)/b12-10+,16-15-. The number of carbonyl (C=O) groups excluding carboxylic acids is 1. The van der Waals surface area contributed by atoms with E-state index in [2.05, 4.69) is 54.7 Å². The molecule has 0 aliphatic rings. The van der Waals surface area contributed by atoms with Crippen LogP contribution < -0.4 is 5.32 Å². The van der Waals surface area contributed by atoms with Crippen molar-refractivity contribution in [2.45, 2.75) is 33.1 Å². The van der Waals surface area contributed by atoms with Crippen molar-refractivity contribution in [1.29, 1.82) is 0 Å². The molecule has 1 aromatic carbocycles. The number of anilines is 1. The van der Waals surface area contributed by atoms with Gasteiger partial charge < -0.3 is 5.32 Å². The number of rotatable bonds is 4. The average molecular weight is 383 g/mol. The molecule has 0 radical (unpaired) electrons. The van der Waals surface area contributed by atoms with Crippen molar-refractivity contribution in [3.8, 4) is 0 Å². The zero-order chi connectivity index (χ0) is 16.9. The summed E-state index contributed by atoms with van der Waals surface area (Å²) in [6.45, 7) is 11.7. The predicted molar refractivity (Wildman–Crippen MR) is 99.5 cm³/mol. The molecule has 0 aliphatic carbocycles. The molecule has 0 fully saturated rings. The fourth-order valence-electron chi connectivity index (χ4n) is 1.72. The Labute approximate surface area is 146 Å². The maximum absolute atomic E-state index is 12.2. The number of amides is 1. The minimum atomic E-state index is -0.187. The first-order valence-corrected chi connectivity index (χ1v) is 8.10. The molecular formula is C18H21BrClNO. The van der Waals surface area contributed by atoms with E-state index in [9.17, 15) is 4.79 Å². The molecular weight excluding hydrogens is 362 g/mol. The van der Waals surface area contributed by atoms with Crippen LogP contribution in [-0.4, -0.2) is 5.91 Å². The van der Waals surface area contributed by atoms with E-state index in [-0.39, 0.29) is 11.3 Å². The van der Waals surface area contributed by atoms with E-state index in [0.717, 1.165) is 5.69 Å². The number of allylic oxidation sites excluding steroid dienone is 4. The number of carbonyl (C=O) groups is 1. The molecule has 0 saturated carbocycles. The molecule has 2 nitrogen and oxygen atoms in total. The molecule has 118 valence electrons. The Morgan fingerprint density at radius 2 is 2.00 bits per heavy atom. The van der Waals surface area contributed by atoms with Crippen LogP contribution in [0, 0.1) is 0 Å². The summed E-state index contributed by atoms with van der Waals surface area (Å²) >= 11 is 9.33. The van der Waals surface area contributed by atoms with Gasteiger partial charge in [0.15, 0.2) is 0 Å². The summed E-state index contributed by atoms with van der Waals surface area (Å²) in [5, 5.41) is 3.32. The van der Waals surface area contributed by atoms with Crippen molar-refractivity contribution < 1.29 is 4.79 Å². The van der Waals surface area contributed by atoms with Crippen LogP contribution in [-0.2, 0) is 10.2 Å². The summed E-state index contributed by atoms with van der Waals surface area (Å²) in [6.07, 6.45) is 3.19. The van der Waals surface area contributed by atoms with Gasteiger partial charge in [-0.1, -0.05) is 57.2 Å². The first-order chi connectivity index (χ1) is 10.1. The lowest BCUT2D eigenvalue weighted by molar-refractivity contribution is -0.112. The van der Waals surface area contributed by atoms with Crippen LogP contribution in [0.5, 0.6) is 0 Å².